The molecule has 24 heavy (non-hydrogen) atoms. The van der Waals surface area contributed by atoms with Gasteiger partial charge in [0.25, 0.3) is 0 Å². The fourth-order valence-corrected chi connectivity index (χ4v) is 4.11. The van der Waals surface area contributed by atoms with Gasteiger partial charge in [0.2, 0.25) is 11.1 Å². The second-order valence-corrected chi connectivity index (χ2v) is 7.49. The van der Waals surface area contributed by atoms with E-state index in [9.17, 15) is 4.79 Å². The summed E-state index contributed by atoms with van der Waals surface area (Å²) in [6, 6.07) is 10.7. The van der Waals surface area contributed by atoms with E-state index in [1.54, 1.807) is 0 Å². The number of thioether (sulfide) groups is 1. The number of aromatic nitrogens is 3. The first kappa shape index (κ1) is 17.0. The molecule has 0 unspecified atom stereocenters. The lowest BCUT2D eigenvalue weighted by Crippen LogP contribution is -2.42. The zero-order chi connectivity index (χ0) is 16.9. The maximum atomic E-state index is 12.4. The van der Waals surface area contributed by atoms with Gasteiger partial charge >= 0.3 is 0 Å². The first-order valence-corrected chi connectivity index (χ1v) is 9.46. The summed E-state index contributed by atoms with van der Waals surface area (Å²) in [5.74, 6) is 2.83. The third-order valence-electron chi connectivity index (χ3n) is 4.61. The number of benzene rings is 1. The van der Waals surface area contributed by atoms with Crippen LogP contribution < -0.4 is 0 Å². The summed E-state index contributed by atoms with van der Waals surface area (Å²) < 4.78 is 0. The minimum Gasteiger partial charge on any atom is -0.342 e. The molecule has 1 aliphatic rings. The average Bonchev–Trinajstić information content (AvgIpc) is 3.00. The van der Waals surface area contributed by atoms with Crippen molar-refractivity contribution in [3.63, 3.8) is 0 Å². The van der Waals surface area contributed by atoms with Crippen LogP contribution in [0.2, 0.25) is 0 Å². The molecule has 1 saturated heterocycles. The molecule has 128 valence electrons. The number of hydrogen-bond acceptors (Lipinski definition) is 4. The molecular weight excluding hydrogens is 320 g/mol. The third kappa shape index (κ3) is 4.17. The fourth-order valence-electron chi connectivity index (χ4n) is 3.34. The topological polar surface area (TPSA) is 61.9 Å². The van der Waals surface area contributed by atoms with Crippen LogP contribution in [0.25, 0.3) is 0 Å². The fraction of sp³-hybridized carbons (Fsp3) is 0.500. The van der Waals surface area contributed by atoms with E-state index in [4.69, 9.17) is 0 Å². The summed E-state index contributed by atoms with van der Waals surface area (Å²) in [5, 5.41) is 7.62. The number of H-pyrrole nitrogens is 1. The summed E-state index contributed by atoms with van der Waals surface area (Å²) in [7, 11) is 0. The molecule has 1 amide bonds. The van der Waals surface area contributed by atoms with E-state index in [2.05, 4.69) is 52.4 Å². The lowest BCUT2D eigenvalue weighted by Gasteiger charge is -2.37. The van der Waals surface area contributed by atoms with Crippen molar-refractivity contribution in [1.29, 1.82) is 0 Å². The van der Waals surface area contributed by atoms with Crippen molar-refractivity contribution < 1.29 is 4.79 Å². The summed E-state index contributed by atoms with van der Waals surface area (Å²) in [6.45, 7) is 5.83. The monoisotopic (exact) mass is 344 g/mol. The number of amides is 1. The van der Waals surface area contributed by atoms with Gasteiger partial charge in [-0.25, -0.2) is 4.98 Å². The summed E-state index contributed by atoms with van der Waals surface area (Å²) in [6.07, 6.45) is 1.59. The molecule has 1 fully saturated rings. The van der Waals surface area contributed by atoms with E-state index >= 15 is 0 Å². The van der Waals surface area contributed by atoms with Crippen molar-refractivity contribution >= 4 is 17.7 Å². The Labute approximate surface area is 147 Å². The largest absolute Gasteiger partial charge is 0.342 e. The Bertz CT molecular complexity index is 673. The van der Waals surface area contributed by atoms with Crippen LogP contribution in [0.1, 0.15) is 37.1 Å². The van der Waals surface area contributed by atoms with Crippen LogP contribution in [0.4, 0.5) is 0 Å². The van der Waals surface area contributed by atoms with Crippen LogP contribution in [-0.4, -0.2) is 44.8 Å². The Morgan fingerprint density at radius 2 is 2.17 bits per heavy atom. The lowest BCUT2D eigenvalue weighted by atomic mass is 9.81. The third-order valence-corrected chi connectivity index (χ3v) is 5.46. The molecule has 2 aromatic rings. The van der Waals surface area contributed by atoms with E-state index < -0.39 is 0 Å². The van der Waals surface area contributed by atoms with Gasteiger partial charge in [0.15, 0.2) is 0 Å². The highest BCUT2D eigenvalue weighted by Gasteiger charge is 2.29. The minimum absolute atomic E-state index is 0.244. The first-order valence-electron chi connectivity index (χ1n) is 8.48. The number of nitrogens with one attached hydrogen (secondary N) is 1. The second kappa shape index (κ2) is 7.83. The van der Waals surface area contributed by atoms with Crippen LogP contribution in [0.5, 0.6) is 0 Å². The lowest BCUT2D eigenvalue weighted by molar-refractivity contribution is -0.132. The zero-order valence-electron chi connectivity index (χ0n) is 14.2. The predicted octanol–water partition coefficient (Wildman–Crippen LogP) is 3.25. The van der Waals surface area contributed by atoms with Gasteiger partial charge in [-0.05, 0) is 30.7 Å². The Kier molecular flexibility index (Phi) is 5.56. The molecule has 0 aliphatic carbocycles. The number of rotatable bonds is 5. The normalized spacial score (nSPS) is 21.0. The Morgan fingerprint density at radius 3 is 2.83 bits per heavy atom. The van der Waals surface area contributed by atoms with E-state index in [0.29, 0.717) is 18.3 Å². The number of carbonyl (C=O) groups is 1. The maximum absolute atomic E-state index is 12.4. The molecule has 1 aliphatic heterocycles. The molecule has 1 N–H and O–H groups in total. The van der Waals surface area contributed by atoms with E-state index in [1.165, 1.54) is 17.3 Å². The van der Waals surface area contributed by atoms with Crippen molar-refractivity contribution in [3.05, 3.63) is 41.7 Å². The van der Waals surface area contributed by atoms with Crippen LogP contribution in [0.15, 0.2) is 35.5 Å². The van der Waals surface area contributed by atoms with E-state index in [1.807, 2.05) is 11.8 Å². The molecule has 0 saturated carbocycles. The highest BCUT2D eigenvalue weighted by atomic mass is 32.2. The standard InChI is InChI=1S/C18H24N4OS/c1-13-12-22(10-8-16(13)15-6-4-3-5-7-15)17(23)9-11-24-18-19-14(2)20-21-18/h3-7,13,16H,8-12H2,1-2H3,(H,19,20,21)/t13-,16+/m1/s1. The molecule has 5 nitrogen and oxygen atoms in total. The highest BCUT2D eigenvalue weighted by molar-refractivity contribution is 7.99. The van der Waals surface area contributed by atoms with Gasteiger partial charge in [-0.2, -0.15) is 0 Å². The van der Waals surface area contributed by atoms with Gasteiger partial charge in [0.1, 0.15) is 5.82 Å². The Morgan fingerprint density at radius 1 is 1.38 bits per heavy atom. The molecular formula is C18H24N4OS. The highest BCUT2D eigenvalue weighted by Crippen LogP contribution is 2.32. The number of piperidine rings is 1. The van der Waals surface area contributed by atoms with Crippen molar-refractivity contribution in [2.45, 2.75) is 37.8 Å². The van der Waals surface area contributed by atoms with Crippen molar-refractivity contribution in [2.75, 3.05) is 18.8 Å². The molecule has 2 heterocycles. The van der Waals surface area contributed by atoms with Gasteiger partial charge in [-0.1, -0.05) is 49.0 Å². The molecule has 1 aromatic heterocycles. The smallest absolute Gasteiger partial charge is 0.223 e. The minimum atomic E-state index is 0.244. The van der Waals surface area contributed by atoms with Crippen LogP contribution in [0.3, 0.4) is 0 Å². The SMILES string of the molecule is Cc1nc(SCCC(=O)N2CC[C@H](c3ccccc3)[C@H](C)C2)n[nH]1. The number of aromatic amines is 1. The molecule has 2 atom stereocenters. The number of likely N-dealkylation sites (tertiary alicyclic amines) is 1. The van der Waals surface area contributed by atoms with Gasteiger partial charge < -0.3 is 4.90 Å². The first-order chi connectivity index (χ1) is 11.6. The molecule has 3 rings (SSSR count). The van der Waals surface area contributed by atoms with Gasteiger partial charge in [0.05, 0.1) is 0 Å². The Hall–Kier alpha value is -1.82. The number of aryl methyl sites for hydroxylation is 1. The molecule has 0 spiro atoms. The zero-order valence-corrected chi connectivity index (χ0v) is 15.1. The quantitative estimate of drug-likeness (QED) is 0.846. The van der Waals surface area contributed by atoms with Crippen molar-refractivity contribution in [3.8, 4) is 0 Å². The van der Waals surface area contributed by atoms with Crippen LogP contribution >= 0.6 is 11.8 Å². The molecule has 6 heteroatoms. The van der Waals surface area contributed by atoms with Crippen LogP contribution in [0, 0.1) is 12.8 Å². The van der Waals surface area contributed by atoms with Gasteiger partial charge in [-0.3, -0.25) is 9.89 Å². The number of carbonyl (C=O) groups excluding carboxylic acids is 1. The van der Waals surface area contributed by atoms with Crippen molar-refractivity contribution in [2.24, 2.45) is 5.92 Å². The van der Waals surface area contributed by atoms with Gasteiger partial charge in [-0.15, -0.1) is 5.10 Å². The summed E-state index contributed by atoms with van der Waals surface area (Å²) >= 11 is 1.53. The molecule has 1 aromatic carbocycles. The summed E-state index contributed by atoms with van der Waals surface area (Å²) in [5.41, 5.74) is 1.40. The Balaban J connectivity index is 1.47. The number of hydrogen-bond donors (Lipinski definition) is 1. The van der Waals surface area contributed by atoms with E-state index in [0.717, 1.165) is 36.2 Å². The molecule has 0 bridgehead atoms. The van der Waals surface area contributed by atoms with E-state index in [-0.39, 0.29) is 5.91 Å². The average molecular weight is 344 g/mol. The van der Waals surface area contributed by atoms with Crippen molar-refractivity contribution in [1.82, 2.24) is 20.1 Å². The number of nitrogens with zero attached hydrogens (tertiary/aromatic N) is 3. The predicted molar refractivity (Wildman–Crippen MR) is 96.0 cm³/mol. The summed E-state index contributed by atoms with van der Waals surface area (Å²) in [4.78, 5) is 18.7. The maximum Gasteiger partial charge on any atom is 0.223 e. The molecule has 0 radical (unpaired) electrons. The van der Waals surface area contributed by atoms with Gasteiger partial charge in [0, 0.05) is 25.3 Å². The second-order valence-electron chi connectivity index (χ2n) is 6.42. The van der Waals surface area contributed by atoms with Crippen LogP contribution in [-0.2, 0) is 4.79 Å².